The number of benzene rings is 2. The maximum absolute atomic E-state index is 13.4. The lowest BCUT2D eigenvalue weighted by atomic mass is 9.84. The minimum Gasteiger partial charge on any atom is -0.507 e. The molecule has 0 atom stereocenters. The lowest BCUT2D eigenvalue weighted by molar-refractivity contribution is -0.136. The summed E-state index contributed by atoms with van der Waals surface area (Å²) in [6.07, 6.45) is -4.79. The van der Waals surface area contributed by atoms with Crippen LogP contribution in [-0.4, -0.2) is 11.0 Å². The van der Waals surface area contributed by atoms with Crippen molar-refractivity contribution >= 4 is 50.7 Å². The summed E-state index contributed by atoms with van der Waals surface area (Å²) in [5.41, 5.74) is -1.61. The first kappa shape index (κ1) is 26.6. The van der Waals surface area contributed by atoms with Crippen LogP contribution in [0.25, 0.3) is 0 Å². The number of amides is 1. The second kappa shape index (κ2) is 9.79. The molecule has 0 fully saturated rings. The molecule has 0 saturated heterocycles. The van der Waals surface area contributed by atoms with E-state index in [0.717, 1.165) is 6.07 Å². The van der Waals surface area contributed by atoms with Crippen molar-refractivity contribution in [3.05, 3.63) is 55.0 Å². The van der Waals surface area contributed by atoms with Crippen molar-refractivity contribution in [1.82, 2.24) is 0 Å². The van der Waals surface area contributed by atoms with E-state index in [-0.39, 0.29) is 21.4 Å². The van der Waals surface area contributed by atoms with E-state index < -0.39 is 28.7 Å². The molecule has 2 N–H and O–H groups in total. The summed E-state index contributed by atoms with van der Waals surface area (Å²) >= 11 is 14.9. The van der Waals surface area contributed by atoms with Crippen LogP contribution in [0.15, 0.2) is 22.7 Å². The summed E-state index contributed by atoms with van der Waals surface area (Å²) in [5, 5.41) is 12.3. The molecule has 0 unspecified atom stereocenters. The number of rotatable bonds is 2. The first-order chi connectivity index (χ1) is 13.6. The van der Waals surface area contributed by atoms with Gasteiger partial charge in [0, 0.05) is 15.1 Å². The molecule has 0 aliphatic heterocycles. The highest BCUT2D eigenvalue weighted by molar-refractivity contribution is 9.10. The predicted molar refractivity (Wildman–Crippen MR) is 120 cm³/mol. The lowest BCUT2D eigenvalue weighted by Gasteiger charge is -2.24. The predicted octanol–water partition coefficient (Wildman–Crippen LogP) is 8.36. The van der Waals surface area contributed by atoms with E-state index >= 15 is 0 Å². The maximum Gasteiger partial charge on any atom is 0.418 e. The molecule has 0 spiro atoms. The molecule has 1 amide bonds. The number of anilines is 1. The van der Waals surface area contributed by atoms with Crippen LogP contribution >= 0.6 is 39.1 Å². The van der Waals surface area contributed by atoms with Crippen LogP contribution in [0.1, 0.15) is 61.7 Å². The molecule has 2 aromatic rings. The van der Waals surface area contributed by atoms with Crippen molar-refractivity contribution in [3.8, 4) is 5.75 Å². The van der Waals surface area contributed by atoms with Crippen LogP contribution in [0.3, 0.4) is 0 Å². The number of carbonyl (C=O) groups is 1. The third kappa shape index (κ3) is 5.83. The number of hydrogen-bond acceptors (Lipinski definition) is 2. The molecule has 0 heterocycles. The number of aromatic hydroxyl groups is 1. The second-order valence-corrected chi connectivity index (χ2v) is 8.96. The van der Waals surface area contributed by atoms with E-state index in [0.29, 0.717) is 21.7 Å². The first-order valence-corrected chi connectivity index (χ1v) is 10.6. The quantitative estimate of drug-likeness (QED) is 0.411. The minimum atomic E-state index is -4.79. The first-order valence-electron chi connectivity index (χ1n) is 9.04. The monoisotopic (exact) mass is 527 g/mol. The number of phenolic OH excluding ortho intramolecular Hbond substituents is 1. The Hall–Kier alpha value is -1.44. The van der Waals surface area contributed by atoms with Crippen LogP contribution in [-0.2, 0) is 11.6 Å². The Kier molecular flexibility index (Phi) is 8.68. The third-order valence-electron chi connectivity index (χ3n) is 4.13. The molecule has 3 nitrogen and oxygen atoms in total. The zero-order valence-electron chi connectivity index (χ0n) is 17.4. The highest BCUT2D eigenvalue weighted by Gasteiger charge is 2.36. The highest BCUT2D eigenvalue weighted by Crippen LogP contribution is 2.42. The summed E-state index contributed by atoms with van der Waals surface area (Å²) in [5.74, 6) is -1.22. The van der Waals surface area contributed by atoms with Gasteiger partial charge in [-0.1, -0.05) is 73.8 Å². The number of phenols is 1. The van der Waals surface area contributed by atoms with Crippen molar-refractivity contribution in [2.24, 2.45) is 0 Å². The van der Waals surface area contributed by atoms with Crippen molar-refractivity contribution < 1.29 is 23.1 Å². The zero-order chi connectivity index (χ0) is 23.6. The Labute approximate surface area is 192 Å². The molecule has 0 saturated carbocycles. The average Bonchev–Trinajstić information content (AvgIpc) is 2.60. The number of halogens is 6. The number of alkyl halides is 3. The molecule has 2 aromatic carbocycles. The molecule has 0 aliphatic carbocycles. The summed E-state index contributed by atoms with van der Waals surface area (Å²) in [7, 11) is 0. The topological polar surface area (TPSA) is 49.3 Å². The van der Waals surface area contributed by atoms with Crippen LogP contribution < -0.4 is 5.32 Å². The van der Waals surface area contributed by atoms with Gasteiger partial charge >= 0.3 is 6.18 Å². The van der Waals surface area contributed by atoms with Gasteiger partial charge in [0.25, 0.3) is 5.91 Å². The Morgan fingerprint density at radius 3 is 2.07 bits per heavy atom. The van der Waals surface area contributed by atoms with E-state index in [4.69, 9.17) is 23.2 Å². The summed E-state index contributed by atoms with van der Waals surface area (Å²) < 4.78 is 40.7. The van der Waals surface area contributed by atoms with Crippen molar-refractivity contribution in [1.29, 1.82) is 0 Å². The van der Waals surface area contributed by atoms with Gasteiger partial charge in [0.1, 0.15) is 5.75 Å². The van der Waals surface area contributed by atoms with E-state index in [1.54, 1.807) is 13.0 Å². The Bertz CT molecular complexity index is 955. The molecular weight excluding hydrogens is 506 g/mol. The van der Waals surface area contributed by atoms with Gasteiger partial charge in [0.05, 0.1) is 21.8 Å². The summed E-state index contributed by atoms with van der Waals surface area (Å²) in [4.78, 5) is 12.9. The number of carbonyl (C=O) groups excluding carboxylic acids is 1. The maximum atomic E-state index is 13.4. The van der Waals surface area contributed by atoms with E-state index in [2.05, 4.69) is 21.2 Å². The highest BCUT2D eigenvalue weighted by atomic mass is 79.9. The molecule has 30 heavy (non-hydrogen) atoms. The van der Waals surface area contributed by atoms with E-state index in [9.17, 15) is 23.1 Å². The fourth-order valence-corrected chi connectivity index (χ4v) is 3.65. The Morgan fingerprint density at radius 1 is 1.07 bits per heavy atom. The van der Waals surface area contributed by atoms with Gasteiger partial charge in [-0.2, -0.15) is 13.2 Å². The van der Waals surface area contributed by atoms with Gasteiger partial charge in [0.2, 0.25) is 0 Å². The summed E-state index contributed by atoms with van der Waals surface area (Å²) in [6.45, 7) is 11.1. The average molecular weight is 529 g/mol. The van der Waals surface area contributed by atoms with Crippen LogP contribution in [0.4, 0.5) is 18.9 Å². The van der Waals surface area contributed by atoms with Gasteiger partial charge in [-0.05, 0) is 36.1 Å². The molecular formula is C21H23BrCl2F3NO2. The molecule has 0 bridgehead atoms. The molecule has 0 aromatic heterocycles. The molecule has 0 aliphatic rings. The van der Waals surface area contributed by atoms with E-state index in [1.807, 2.05) is 34.6 Å². The number of hydrogen-bond donors (Lipinski definition) is 2. The molecule has 2 rings (SSSR count). The third-order valence-corrected chi connectivity index (χ3v) is 5.47. The fourth-order valence-electron chi connectivity index (χ4n) is 2.68. The van der Waals surface area contributed by atoms with Crippen LogP contribution in [0.2, 0.25) is 10.0 Å². The van der Waals surface area contributed by atoms with Crippen LogP contribution in [0.5, 0.6) is 5.75 Å². The van der Waals surface area contributed by atoms with Crippen molar-refractivity contribution in [2.75, 3.05) is 5.32 Å². The largest absolute Gasteiger partial charge is 0.507 e. The van der Waals surface area contributed by atoms with Gasteiger partial charge in [-0.3, -0.25) is 4.79 Å². The number of nitrogens with one attached hydrogen (secondary N) is 1. The second-order valence-electron chi connectivity index (χ2n) is 7.27. The minimum absolute atomic E-state index is 0.140. The Balaban J connectivity index is 0.00000218. The van der Waals surface area contributed by atoms with Crippen molar-refractivity contribution in [3.63, 3.8) is 0 Å². The SMILES string of the molecule is CC.Cc1c(Br)cc(C(C)(C)C)c(O)c1C(=O)Nc1c(Cl)cc(Cl)cc1C(F)(F)F. The van der Waals surface area contributed by atoms with Gasteiger partial charge in [-0.15, -0.1) is 0 Å². The van der Waals surface area contributed by atoms with Gasteiger partial charge in [-0.25, -0.2) is 0 Å². The van der Waals surface area contributed by atoms with E-state index in [1.165, 1.54) is 0 Å². The fraction of sp³-hybridized carbons (Fsp3) is 0.381. The Morgan fingerprint density at radius 2 is 1.60 bits per heavy atom. The summed E-state index contributed by atoms with van der Waals surface area (Å²) in [6, 6.07) is 3.46. The molecule has 0 radical (unpaired) electrons. The molecule has 166 valence electrons. The lowest BCUT2D eigenvalue weighted by Crippen LogP contribution is -2.20. The van der Waals surface area contributed by atoms with Gasteiger partial charge < -0.3 is 10.4 Å². The van der Waals surface area contributed by atoms with Crippen molar-refractivity contribution in [2.45, 2.75) is 53.1 Å². The van der Waals surface area contributed by atoms with Gasteiger partial charge in [0.15, 0.2) is 0 Å². The smallest absolute Gasteiger partial charge is 0.418 e. The van der Waals surface area contributed by atoms with Crippen LogP contribution in [0, 0.1) is 6.92 Å². The molecule has 9 heteroatoms. The normalized spacial score (nSPS) is 11.6. The zero-order valence-corrected chi connectivity index (χ0v) is 20.5. The standard InChI is InChI=1S/C19H17BrCl2F3NO2.C2H6/c1-8-12(20)7-11(18(2,3)4)16(27)14(8)17(28)26-15-10(19(23,24)25)5-9(21)6-13(15)22;1-2/h5-7,27H,1-4H3,(H,26,28);1-2H3.